The first kappa shape index (κ1) is 14.1. The zero-order valence-electron chi connectivity index (χ0n) is 11.8. The molecule has 0 amide bonds. The lowest BCUT2D eigenvalue weighted by Gasteiger charge is -2.29. The smallest absolute Gasteiger partial charge is 0.271 e. The van der Waals surface area contributed by atoms with E-state index in [1.54, 1.807) is 16.3 Å². The second kappa shape index (κ2) is 5.87. The van der Waals surface area contributed by atoms with Crippen LogP contribution in [0, 0.1) is 5.92 Å². The van der Waals surface area contributed by atoms with Crippen molar-refractivity contribution in [3.63, 3.8) is 0 Å². The van der Waals surface area contributed by atoms with E-state index in [9.17, 15) is 4.79 Å². The predicted octanol–water partition coefficient (Wildman–Crippen LogP) is 2.43. The summed E-state index contributed by atoms with van der Waals surface area (Å²) in [5.41, 5.74) is 0.912. The molecular formula is C14H19N3OS2. The third-order valence-corrected chi connectivity index (χ3v) is 5.97. The largest absolute Gasteiger partial charge is 0.306 e. The summed E-state index contributed by atoms with van der Waals surface area (Å²) in [6.45, 7) is 2.36. The number of fused-ring (bicyclic) bond motifs is 1. The van der Waals surface area contributed by atoms with Crippen molar-refractivity contribution in [2.45, 2.75) is 18.0 Å². The molecule has 1 saturated heterocycles. The molecule has 1 atom stereocenters. The molecule has 0 saturated carbocycles. The molecular weight excluding hydrogens is 290 g/mol. The average Bonchev–Trinajstić information content (AvgIpc) is 2.90. The van der Waals surface area contributed by atoms with Crippen LogP contribution in [-0.4, -0.2) is 40.3 Å². The van der Waals surface area contributed by atoms with Crippen LogP contribution in [0.1, 0.15) is 12.8 Å². The van der Waals surface area contributed by atoms with Crippen molar-refractivity contribution in [2.75, 3.05) is 25.9 Å². The van der Waals surface area contributed by atoms with Crippen LogP contribution in [0.5, 0.6) is 0 Å². The van der Waals surface area contributed by atoms with Gasteiger partial charge in [0, 0.05) is 19.3 Å². The van der Waals surface area contributed by atoms with Gasteiger partial charge in [-0.1, -0.05) is 11.8 Å². The van der Waals surface area contributed by atoms with E-state index in [2.05, 4.69) is 16.9 Å². The first-order valence-corrected chi connectivity index (χ1v) is 8.77. The van der Waals surface area contributed by atoms with Crippen LogP contribution in [0.4, 0.5) is 0 Å². The highest BCUT2D eigenvalue weighted by Crippen LogP contribution is 2.25. The van der Waals surface area contributed by atoms with Gasteiger partial charge in [0.15, 0.2) is 5.16 Å². The molecule has 1 fully saturated rings. The van der Waals surface area contributed by atoms with Crippen LogP contribution in [0.15, 0.2) is 21.4 Å². The summed E-state index contributed by atoms with van der Waals surface area (Å²) in [5.74, 6) is 1.74. The van der Waals surface area contributed by atoms with E-state index in [1.165, 1.54) is 30.7 Å². The van der Waals surface area contributed by atoms with Gasteiger partial charge in [0.05, 0.1) is 5.52 Å². The fraction of sp³-hybridized carbons (Fsp3) is 0.571. The number of likely N-dealkylation sites (tertiary alicyclic amines) is 1. The van der Waals surface area contributed by atoms with Gasteiger partial charge in [-0.25, -0.2) is 4.98 Å². The first-order valence-electron chi connectivity index (χ1n) is 6.90. The molecule has 0 aliphatic carbocycles. The molecule has 0 radical (unpaired) electrons. The van der Waals surface area contributed by atoms with Crippen molar-refractivity contribution in [1.29, 1.82) is 0 Å². The molecule has 108 valence electrons. The Bertz CT molecular complexity index is 664. The number of aromatic nitrogens is 2. The maximum absolute atomic E-state index is 12.2. The molecule has 0 unspecified atom stereocenters. The summed E-state index contributed by atoms with van der Waals surface area (Å²) in [4.78, 5) is 19.2. The molecule has 6 heteroatoms. The molecule has 2 aromatic heterocycles. The third-order valence-electron chi connectivity index (χ3n) is 3.82. The second-order valence-electron chi connectivity index (χ2n) is 5.48. The van der Waals surface area contributed by atoms with Crippen molar-refractivity contribution < 1.29 is 0 Å². The van der Waals surface area contributed by atoms with Crippen LogP contribution >= 0.6 is 23.1 Å². The number of piperidine rings is 1. The Morgan fingerprint density at radius 3 is 3.15 bits per heavy atom. The first-order chi connectivity index (χ1) is 9.65. The minimum absolute atomic E-state index is 0.0771. The van der Waals surface area contributed by atoms with Crippen molar-refractivity contribution in [1.82, 2.24) is 14.5 Å². The Kier molecular flexibility index (Phi) is 4.14. The van der Waals surface area contributed by atoms with E-state index in [0.717, 1.165) is 27.7 Å². The fourth-order valence-corrected chi connectivity index (χ4v) is 4.60. The van der Waals surface area contributed by atoms with E-state index < -0.39 is 0 Å². The Morgan fingerprint density at radius 1 is 1.50 bits per heavy atom. The zero-order chi connectivity index (χ0) is 14.1. The molecule has 1 aliphatic rings. The van der Waals surface area contributed by atoms with Gasteiger partial charge in [0.1, 0.15) is 4.70 Å². The number of thioether (sulfide) groups is 1. The molecule has 3 heterocycles. The van der Waals surface area contributed by atoms with Gasteiger partial charge in [-0.15, -0.1) is 11.3 Å². The van der Waals surface area contributed by atoms with Crippen LogP contribution in [0.3, 0.4) is 0 Å². The lowest BCUT2D eigenvalue weighted by Crippen LogP contribution is -2.33. The second-order valence-corrected chi connectivity index (χ2v) is 7.38. The van der Waals surface area contributed by atoms with Crippen molar-refractivity contribution in [2.24, 2.45) is 13.0 Å². The number of hydrogen-bond donors (Lipinski definition) is 0. The third kappa shape index (κ3) is 2.77. The van der Waals surface area contributed by atoms with E-state index in [4.69, 9.17) is 0 Å². The Morgan fingerprint density at radius 2 is 2.35 bits per heavy atom. The molecule has 2 aromatic rings. The highest BCUT2D eigenvalue weighted by molar-refractivity contribution is 7.99. The lowest BCUT2D eigenvalue weighted by atomic mass is 10.0. The van der Waals surface area contributed by atoms with Crippen molar-refractivity contribution in [3.8, 4) is 0 Å². The predicted molar refractivity (Wildman–Crippen MR) is 85.8 cm³/mol. The van der Waals surface area contributed by atoms with Crippen molar-refractivity contribution in [3.05, 3.63) is 21.8 Å². The topological polar surface area (TPSA) is 38.1 Å². The van der Waals surface area contributed by atoms with E-state index in [-0.39, 0.29) is 5.56 Å². The maximum atomic E-state index is 12.2. The van der Waals surface area contributed by atoms with Crippen molar-refractivity contribution >= 4 is 33.3 Å². The van der Waals surface area contributed by atoms with Gasteiger partial charge in [-0.3, -0.25) is 9.36 Å². The highest BCUT2D eigenvalue weighted by atomic mass is 32.2. The normalized spacial score (nSPS) is 20.6. The molecule has 1 aliphatic heterocycles. The molecule has 0 spiro atoms. The summed E-state index contributed by atoms with van der Waals surface area (Å²) in [6, 6.07) is 1.93. The van der Waals surface area contributed by atoms with Crippen LogP contribution < -0.4 is 5.56 Å². The van der Waals surface area contributed by atoms with Gasteiger partial charge < -0.3 is 4.90 Å². The minimum atomic E-state index is 0.0771. The lowest BCUT2D eigenvalue weighted by molar-refractivity contribution is 0.224. The van der Waals surface area contributed by atoms with Gasteiger partial charge in [0.25, 0.3) is 5.56 Å². The fourth-order valence-electron chi connectivity index (χ4n) is 2.70. The average molecular weight is 309 g/mol. The summed E-state index contributed by atoms with van der Waals surface area (Å²) >= 11 is 3.19. The summed E-state index contributed by atoms with van der Waals surface area (Å²) in [5, 5.41) is 2.78. The van der Waals surface area contributed by atoms with Gasteiger partial charge in [-0.2, -0.15) is 0 Å². The molecule has 0 aromatic carbocycles. The quantitative estimate of drug-likeness (QED) is 0.645. The molecule has 0 N–H and O–H groups in total. The summed E-state index contributed by atoms with van der Waals surface area (Å²) < 4.78 is 2.45. The standard InChI is InChI=1S/C14H19N3OS2/c1-16-6-3-4-10(8-16)9-20-14-15-11-5-7-19-12(11)13(18)17(14)2/h5,7,10H,3-4,6,8-9H2,1-2H3/t10-/m1/s1. The van der Waals surface area contributed by atoms with Gasteiger partial charge >= 0.3 is 0 Å². The monoisotopic (exact) mass is 309 g/mol. The highest BCUT2D eigenvalue weighted by Gasteiger charge is 2.18. The zero-order valence-corrected chi connectivity index (χ0v) is 13.5. The molecule has 0 bridgehead atoms. The number of nitrogens with zero attached hydrogens (tertiary/aromatic N) is 3. The molecule has 3 rings (SSSR count). The van der Waals surface area contributed by atoms with Gasteiger partial charge in [0.2, 0.25) is 0 Å². The van der Waals surface area contributed by atoms with Crippen LogP contribution in [0.2, 0.25) is 0 Å². The SMILES string of the molecule is CN1CCC[C@@H](CSc2nc3ccsc3c(=O)n2C)C1. The number of rotatable bonds is 3. The van der Waals surface area contributed by atoms with E-state index in [0.29, 0.717) is 5.92 Å². The number of thiophene rings is 1. The van der Waals surface area contributed by atoms with Gasteiger partial charge in [-0.05, 0) is 43.8 Å². The van der Waals surface area contributed by atoms with Crippen LogP contribution in [-0.2, 0) is 7.05 Å². The molecule has 20 heavy (non-hydrogen) atoms. The minimum Gasteiger partial charge on any atom is -0.306 e. The van der Waals surface area contributed by atoms with E-state index >= 15 is 0 Å². The summed E-state index contributed by atoms with van der Waals surface area (Å²) in [6.07, 6.45) is 2.56. The van der Waals surface area contributed by atoms with E-state index in [1.807, 2.05) is 18.5 Å². The summed E-state index contributed by atoms with van der Waals surface area (Å²) in [7, 11) is 4.01. The molecule has 4 nitrogen and oxygen atoms in total. The Hall–Kier alpha value is -0.850. The Labute approximate surface area is 126 Å². The Balaban J connectivity index is 1.77. The maximum Gasteiger partial charge on any atom is 0.271 e. The number of hydrogen-bond acceptors (Lipinski definition) is 5. The van der Waals surface area contributed by atoms with Crippen LogP contribution in [0.25, 0.3) is 10.2 Å².